The van der Waals surface area contributed by atoms with Gasteiger partial charge in [-0.05, 0) is 31.2 Å². The lowest BCUT2D eigenvalue weighted by Gasteiger charge is -2.22. The number of ether oxygens (including phenoxy) is 2. The molecule has 138 valence electrons. The Labute approximate surface area is 151 Å². The zero-order valence-corrected chi connectivity index (χ0v) is 15.3. The molecule has 0 aliphatic carbocycles. The highest BCUT2D eigenvalue weighted by Crippen LogP contribution is 2.26. The Hall–Kier alpha value is -1.59. The molecular weight excluding hydrogens is 314 g/mol. The number of benzene rings is 1. The number of guanidine groups is 1. The lowest BCUT2D eigenvalue weighted by Crippen LogP contribution is -2.40. The third-order valence-electron chi connectivity index (χ3n) is 5.05. The van der Waals surface area contributed by atoms with Crippen LogP contribution in [-0.2, 0) is 9.47 Å². The second kappa shape index (κ2) is 9.78. The molecule has 2 saturated heterocycles. The highest BCUT2D eigenvalue weighted by atomic mass is 16.5. The van der Waals surface area contributed by atoms with Crippen molar-refractivity contribution in [1.82, 2.24) is 10.2 Å². The number of nitrogens with zero attached hydrogens (tertiary/aromatic N) is 2. The largest absolute Gasteiger partial charge is 0.379 e. The predicted molar refractivity (Wildman–Crippen MR) is 101 cm³/mol. The Kier molecular flexibility index (Phi) is 7.12. The van der Waals surface area contributed by atoms with E-state index in [-0.39, 0.29) is 0 Å². The first-order valence-corrected chi connectivity index (χ1v) is 9.56. The maximum atomic E-state index is 5.71. The van der Waals surface area contributed by atoms with Gasteiger partial charge < -0.3 is 19.7 Å². The standard InChI is InChI=1S/C20H31N3O2/c1-21-20(22-11-6-13-24-16-19-9-5-14-25-19)23-12-10-18(15-23)17-7-3-2-4-8-17/h2-4,7-8,18-19H,5-6,9-16H2,1H3,(H,21,22). The summed E-state index contributed by atoms with van der Waals surface area (Å²) in [5.41, 5.74) is 1.43. The molecule has 0 saturated carbocycles. The van der Waals surface area contributed by atoms with E-state index in [1.165, 1.54) is 18.4 Å². The van der Waals surface area contributed by atoms with Crippen LogP contribution in [0.1, 0.15) is 37.2 Å². The van der Waals surface area contributed by atoms with Crippen LogP contribution in [0.25, 0.3) is 0 Å². The van der Waals surface area contributed by atoms with Gasteiger partial charge in [-0.2, -0.15) is 0 Å². The number of hydrogen-bond donors (Lipinski definition) is 1. The van der Waals surface area contributed by atoms with Crippen molar-refractivity contribution in [2.24, 2.45) is 4.99 Å². The highest BCUT2D eigenvalue weighted by molar-refractivity contribution is 5.80. The minimum atomic E-state index is 0.320. The Morgan fingerprint density at radius 2 is 2.20 bits per heavy atom. The Morgan fingerprint density at radius 3 is 2.96 bits per heavy atom. The van der Waals surface area contributed by atoms with Gasteiger partial charge in [-0.15, -0.1) is 0 Å². The van der Waals surface area contributed by atoms with Crippen LogP contribution in [0, 0.1) is 0 Å². The van der Waals surface area contributed by atoms with E-state index in [1.54, 1.807) is 0 Å². The summed E-state index contributed by atoms with van der Waals surface area (Å²) in [6.07, 6.45) is 4.81. The molecule has 0 bridgehead atoms. The maximum absolute atomic E-state index is 5.71. The Balaban J connectivity index is 1.32. The van der Waals surface area contributed by atoms with Crippen molar-refractivity contribution in [3.05, 3.63) is 35.9 Å². The van der Waals surface area contributed by atoms with Crippen LogP contribution in [0.4, 0.5) is 0 Å². The predicted octanol–water partition coefficient (Wildman–Crippen LogP) is 2.64. The number of likely N-dealkylation sites (tertiary alicyclic amines) is 1. The molecule has 2 unspecified atom stereocenters. The van der Waals surface area contributed by atoms with E-state index < -0.39 is 0 Å². The minimum absolute atomic E-state index is 0.320. The lowest BCUT2D eigenvalue weighted by atomic mass is 9.99. The summed E-state index contributed by atoms with van der Waals surface area (Å²) in [6.45, 7) is 5.40. The Bertz CT molecular complexity index is 529. The molecule has 0 spiro atoms. The monoisotopic (exact) mass is 345 g/mol. The number of rotatable bonds is 7. The third-order valence-corrected chi connectivity index (χ3v) is 5.05. The molecule has 5 heteroatoms. The maximum Gasteiger partial charge on any atom is 0.193 e. The second-order valence-electron chi connectivity index (χ2n) is 6.88. The fourth-order valence-corrected chi connectivity index (χ4v) is 3.65. The van der Waals surface area contributed by atoms with E-state index in [4.69, 9.17) is 9.47 Å². The molecule has 2 aliphatic heterocycles. The van der Waals surface area contributed by atoms with Crippen molar-refractivity contribution in [3.63, 3.8) is 0 Å². The summed E-state index contributed by atoms with van der Waals surface area (Å²) in [5, 5.41) is 3.48. The summed E-state index contributed by atoms with van der Waals surface area (Å²) < 4.78 is 11.3. The first-order valence-electron chi connectivity index (χ1n) is 9.56. The fraction of sp³-hybridized carbons (Fsp3) is 0.650. The quantitative estimate of drug-likeness (QED) is 0.469. The van der Waals surface area contributed by atoms with Crippen LogP contribution in [0.15, 0.2) is 35.3 Å². The molecule has 25 heavy (non-hydrogen) atoms. The first-order chi connectivity index (χ1) is 12.4. The molecule has 1 aromatic rings. The van der Waals surface area contributed by atoms with E-state index in [1.807, 2.05) is 7.05 Å². The zero-order valence-electron chi connectivity index (χ0n) is 15.3. The molecule has 5 nitrogen and oxygen atoms in total. The van der Waals surface area contributed by atoms with E-state index >= 15 is 0 Å². The van der Waals surface area contributed by atoms with Gasteiger partial charge in [0.1, 0.15) is 0 Å². The topological polar surface area (TPSA) is 46.1 Å². The molecular formula is C20H31N3O2. The van der Waals surface area contributed by atoms with Crippen molar-refractivity contribution in [3.8, 4) is 0 Å². The molecule has 1 aromatic carbocycles. The molecule has 1 N–H and O–H groups in total. The average molecular weight is 345 g/mol. The van der Waals surface area contributed by atoms with Crippen molar-refractivity contribution in [2.75, 3.05) is 46.5 Å². The van der Waals surface area contributed by atoms with Gasteiger partial charge in [0.05, 0.1) is 12.7 Å². The van der Waals surface area contributed by atoms with Crippen LogP contribution in [-0.4, -0.2) is 63.5 Å². The van der Waals surface area contributed by atoms with Gasteiger partial charge in [-0.25, -0.2) is 0 Å². The summed E-state index contributed by atoms with van der Waals surface area (Å²) in [5.74, 6) is 1.62. The number of hydrogen-bond acceptors (Lipinski definition) is 3. The van der Waals surface area contributed by atoms with E-state index in [2.05, 4.69) is 45.5 Å². The van der Waals surface area contributed by atoms with E-state index in [0.717, 1.165) is 58.3 Å². The van der Waals surface area contributed by atoms with Crippen molar-refractivity contribution < 1.29 is 9.47 Å². The van der Waals surface area contributed by atoms with Gasteiger partial charge >= 0.3 is 0 Å². The third kappa shape index (κ3) is 5.44. The number of aliphatic imine (C=N–C) groups is 1. The SMILES string of the molecule is CN=C(NCCCOCC1CCCO1)N1CCC(c2ccccc2)C1. The summed E-state index contributed by atoms with van der Waals surface area (Å²) in [7, 11) is 1.87. The average Bonchev–Trinajstić information content (AvgIpc) is 3.34. The molecule has 0 amide bonds. The van der Waals surface area contributed by atoms with Crippen molar-refractivity contribution in [2.45, 2.75) is 37.7 Å². The van der Waals surface area contributed by atoms with E-state index in [0.29, 0.717) is 12.0 Å². The van der Waals surface area contributed by atoms with Gasteiger partial charge in [0.2, 0.25) is 0 Å². The molecule has 0 radical (unpaired) electrons. The highest BCUT2D eigenvalue weighted by Gasteiger charge is 2.25. The smallest absolute Gasteiger partial charge is 0.193 e. The molecule has 2 atom stereocenters. The molecule has 2 fully saturated rings. The van der Waals surface area contributed by atoms with Crippen LogP contribution in [0.2, 0.25) is 0 Å². The van der Waals surface area contributed by atoms with Crippen molar-refractivity contribution in [1.29, 1.82) is 0 Å². The van der Waals surface area contributed by atoms with Crippen LogP contribution < -0.4 is 5.32 Å². The molecule has 2 aliphatic rings. The summed E-state index contributed by atoms with van der Waals surface area (Å²) >= 11 is 0. The van der Waals surface area contributed by atoms with E-state index in [9.17, 15) is 0 Å². The van der Waals surface area contributed by atoms with Gasteiger partial charge in [-0.3, -0.25) is 4.99 Å². The Morgan fingerprint density at radius 1 is 1.32 bits per heavy atom. The zero-order chi connectivity index (χ0) is 17.3. The molecule has 0 aromatic heterocycles. The van der Waals surface area contributed by atoms with Crippen LogP contribution >= 0.6 is 0 Å². The van der Waals surface area contributed by atoms with Gasteiger partial charge in [0.15, 0.2) is 5.96 Å². The molecule has 2 heterocycles. The fourth-order valence-electron chi connectivity index (χ4n) is 3.65. The van der Waals surface area contributed by atoms with Gasteiger partial charge in [0.25, 0.3) is 0 Å². The van der Waals surface area contributed by atoms with Crippen molar-refractivity contribution >= 4 is 5.96 Å². The minimum Gasteiger partial charge on any atom is -0.379 e. The normalized spacial score (nSPS) is 24.0. The van der Waals surface area contributed by atoms with Gasteiger partial charge in [-0.1, -0.05) is 30.3 Å². The van der Waals surface area contributed by atoms with Crippen LogP contribution in [0.5, 0.6) is 0 Å². The van der Waals surface area contributed by atoms with Gasteiger partial charge in [0, 0.05) is 45.8 Å². The molecule has 3 rings (SSSR count). The second-order valence-corrected chi connectivity index (χ2v) is 6.88. The van der Waals surface area contributed by atoms with Crippen LogP contribution in [0.3, 0.4) is 0 Å². The summed E-state index contributed by atoms with van der Waals surface area (Å²) in [4.78, 5) is 6.82. The lowest BCUT2D eigenvalue weighted by molar-refractivity contribution is 0.0168. The first kappa shape index (κ1) is 18.2. The summed E-state index contributed by atoms with van der Waals surface area (Å²) in [6, 6.07) is 10.8. The number of nitrogens with one attached hydrogen (secondary N) is 1.